The Labute approximate surface area is 165 Å². The Morgan fingerprint density at radius 2 is 1.69 bits per heavy atom. The third-order valence-electron chi connectivity index (χ3n) is 4.08. The van der Waals surface area contributed by atoms with Crippen molar-refractivity contribution in [3.63, 3.8) is 0 Å². The molecule has 29 heavy (non-hydrogen) atoms. The highest BCUT2D eigenvalue weighted by Crippen LogP contribution is 2.25. The van der Waals surface area contributed by atoms with E-state index in [4.69, 9.17) is 0 Å². The first kappa shape index (κ1) is 19.6. The molecule has 0 radical (unpaired) electrons. The number of hydrazone groups is 1. The lowest BCUT2D eigenvalue weighted by Crippen LogP contribution is -2.32. The molecule has 0 aliphatic heterocycles. The topological polar surface area (TPSA) is 117 Å². The first-order chi connectivity index (χ1) is 14.0. The molecular formula is C21H17N3O5. The number of benzene rings is 3. The van der Waals surface area contributed by atoms with Gasteiger partial charge in [-0.3, -0.25) is 9.59 Å². The summed E-state index contributed by atoms with van der Waals surface area (Å²) < 4.78 is 4.59. The second-order valence-electron chi connectivity index (χ2n) is 5.94. The Balaban J connectivity index is 1.64. The molecule has 3 rings (SSSR count). The molecule has 0 heterocycles. The predicted octanol–water partition coefficient (Wildman–Crippen LogP) is 2.42. The maximum Gasteiger partial charge on any atom is 0.337 e. The third kappa shape index (κ3) is 4.56. The van der Waals surface area contributed by atoms with Gasteiger partial charge in [0.15, 0.2) is 0 Å². The molecule has 0 aliphatic carbocycles. The number of phenolic OH excluding ortho intramolecular Hbond substituents is 1. The Hall–Kier alpha value is -4.20. The van der Waals surface area contributed by atoms with E-state index in [0.717, 1.165) is 10.8 Å². The SMILES string of the molecule is COC(=O)c1ccc(NC(=O)C(=O)N/N=C/c2c(O)ccc3ccccc23)cc1. The fraction of sp³-hybridized carbons (Fsp3) is 0.0476. The zero-order chi connectivity index (χ0) is 20.8. The van der Waals surface area contributed by atoms with E-state index >= 15 is 0 Å². The number of hydrogen-bond acceptors (Lipinski definition) is 6. The molecule has 3 aromatic rings. The molecule has 2 amide bonds. The number of nitrogens with one attached hydrogen (secondary N) is 2. The van der Waals surface area contributed by atoms with Crippen molar-refractivity contribution in [3.8, 4) is 5.75 Å². The van der Waals surface area contributed by atoms with Crippen molar-refractivity contribution in [2.75, 3.05) is 12.4 Å². The predicted molar refractivity (Wildman–Crippen MR) is 108 cm³/mol. The van der Waals surface area contributed by atoms with Gasteiger partial charge in [-0.2, -0.15) is 5.10 Å². The first-order valence-corrected chi connectivity index (χ1v) is 8.53. The van der Waals surface area contributed by atoms with E-state index in [9.17, 15) is 19.5 Å². The summed E-state index contributed by atoms with van der Waals surface area (Å²) in [6.45, 7) is 0. The molecule has 0 spiro atoms. The zero-order valence-corrected chi connectivity index (χ0v) is 15.4. The maximum atomic E-state index is 12.0. The van der Waals surface area contributed by atoms with Gasteiger partial charge in [0.05, 0.1) is 18.9 Å². The van der Waals surface area contributed by atoms with E-state index in [0.29, 0.717) is 16.8 Å². The number of aromatic hydroxyl groups is 1. The van der Waals surface area contributed by atoms with Crippen molar-refractivity contribution in [1.29, 1.82) is 0 Å². The number of ether oxygens (including phenoxy) is 1. The number of anilines is 1. The molecule has 0 atom stereocenters. The average Bonchev–Trinajstić information content (AvgIpc) is 2.75. The summed E-state index contributed by atoms with van der Waals surface area (Å²) in [4.78, 5) is 35.3. The standard InChI is InChI=1S/C21H17N3O5/c1-29-21(28)14-6-9-15(10-7-14)23-19(26)20(27)24-22-12-17-16-5-3-2-4-13(16)8-11-18(17)25/h2-12,25H,1H3,(H,23,26)(H,24,27)/b22-12+. The smallest absolute Gasteiger partial charge is 0.337 e. The normalized spacial score (nSPS) is 10.7. The molecule has 0 saturated carbocycles. The lowest BCUT2D eigenvalue weighted by Gasteiger charge is -2.06. The Morgan fingerprint density at radius 3 is 2.41 bits per heavy atom. The van der Waals surface area contributed by atoms with Crippen LogP contribution in [0.4, 0.5) is 5.69 Å². The van der Waals surface area contributed by atoms with Gasteiger partial charge in [0.1, 0.15) is 5.75 Å². The molecule has 0 aromatic heterocycles. The van der Waals surface area contributed by atoms with E-state index in [2.05, 4.69) is 20.6 Å². The molecule has 0 unspecified atom stereocenters. The summed E-state index contributed by atoms with van der Waals surface area (Å²) >= 11 is 0. The molecule has 146 valence electrons. The average molecular weight is 391 g/mol. The molecule has 0 fully saturated rings. The maximum absolute atomic E-state index is 12.0. The van der Waals surface area contributed by atoms with Gasteiger partial charge in [0, 0.05) is 11.3 Å². The minimum absolute atomic E-state index is 0.00292. The van der Waals surface area contributed by atoms with Crippen LogP contribution < -0.4 is 10.7 Å². The van der Waals surface area contributed by atoms with Gasteiger partial charge in [0.2, 0.25) is 0 Å². The van der Waals surface area contributed by atoms with Crippen molar-refractivity contribution in [2.24, 2.45) is 5.10 Å². The van der Waals surface area contributed by atoms with E-state index in [1.165, 1.54) is 43.7 Å². The first-order valence-electron chi connectivity index (χ1n) is 8.53. The summed E-state index contributed by atoms with van der Waals surface area (Å²) in [5, 5.41) is 17.8. The van der Waals surface area contributed by atoms with Gasteiger partial charge in [-0.05, 0) is 41.1 Å². The molecular weight excluding hydrogens is 374 g/mol. The van der Waals surface area contributed by atoms with Crippen LogP contribution in [0.15, 0.2) is 65.8 Å². The summed E-state index contributed by atoms with van der Waals surface area (Å²) in [5.74, 6) is -2.43. The Kier molecular flexibility index (Phi) is 5.84. The lowest BCUT2D eigenvalue weighted by molar-refractivity contribution is -0.136. The highest BCUT2D eigenvalue weighted by atomic mass is 16.5. The molecule has 0 saturated heterocycles. The van der Waals surface area contributed by atoms with Crippen LogP contribution in [-0.2, 0) is 14.3 Å². The summed E-state index contributed by atoms with van der Waals surface area (Å²) in [7, 11) is 1.26. The highest BCUT2D eigenvalue weighted by molar-refractivity contribution is 6.39. The van der Waals surface area contributed by atoms with Gasteiger partial charge >= 0.3 is 17.8 Å². The number of rotatable bonds is 4. The largest absolute Gasteiger partial charge is 0.507 e. The van der Waals surface area contributed by atoms with Crippen LogP contribution in [0.5, 0.6) is 5.75 Å². The Morgan fingerprint density at radius 1 is 0.966 bits per heavy atom. The van der Waals surface area contributed by atoms with Gasteiger partial charge in [-0.25, -0.2) is 10.2 Å². The van der Waals surface area contributed by atoms with Crippen molar-refractivity contribution in [3.05, 3.63) is 71.8 Å². The van der Waals surface area contributed by atoms with Gasteiger partial charge < -0.3 is 15.2 Å². The van der Waals surface area contributed by atoms with Crippen LogP contribution in [0, 0.1) is 0 Å². The number of nitrogens with zero attached hydrogens (tertiary/aromatic N) is 1. The number of fused-ring (bicyclic) bond motifs is 1. The van der Waals surface area contributed by atoms with Crippen molar-refractivity contribution < 1.29 is 24.2 Å². The van der Waals surface area contributed by atoms with Crippen molar-refractivity contribution in [1.82, 2.24) is 5.43 Å². The van der Waals surface area contributed by atoms with E-state index in [1.807, 2.05) is 24.3 Å². The van der Waals surface area contributed by atoms with Gasteiger partial charge in [-0.15, -0.1) is 0 Å². The lowest BCUT2D eigenvalue weighted by atomic mass is 10.0. The molecule has 3 aromatic carbocycles. The van der Waals surface area contributed by atoms with Gasteiger partial charge in [-0.1, -0.05) is 30.3 Å². The second-order valence-corrected chi connectivity index (χ2v) is 5.94. The number of carbonyl (C=O) groups excluding carboxylic acids is 3. The van der Waals surface area contributed by atoms with Crippen LogP contribution in [0.25, 0.3) is 10.8 Å². The number of phenols is 1. The molecule has 8 nitrogen and oxygen atoms in total. The number of methoxy groups -OCH3 is 1. The van der Waals surface area contributed by atoms with E-state index in [1.54, 1.807) is 6.07 Å². The molecule has 8 heteroatoms. The Bertz CT molecular complexity index is 1110. The quantitative estimate of drug-likeness (QED) is 0.273. The number of carbonyl (C=O) groups is 3. The summed E-state index contributed by atoms with van der Waals surface area (Å²) in [6, 6.07) is 16.5. The minimum atomic E-state index is -0.988. The van der Waals surface area contributed by atoms with Crippen LogP contribution in [0.3, 0.4) is 0 Å². The van der Waals surface area contributed by atoms with Crippen molar-refractivity contribution >= 4 is 40.5 Å². The minimum Gasteiger partial charge on any atom is -0.507 e. The fourth-order valence-electron chi connectivity index (χ4n) is 2.62. The third-order valence-corrected chi connectivity index (χ3v) is 4.08. The van der Waals surface area contributed by atoms with E-state index < -0.39 is 17.8 Å². The van der Waals surface area contributed by atoms with Crippen LogP contribution in [-0.4, -0.2) is 36.2 Å². The number of esters is 1. The number of amides is 2. The van der Waals surface area contributed by atoms with Crippen LogP contribution >= 0.6 is 0 Å². The molecule has 0 aliphatic rings. The highest BCUT2D eigenvalue weighted by Gasteiger charge is 2.14. The fourth-order valence-corrected chi connectivity index (χ4v) is 2.62. The molecule has 3 N–H and O–H groups in total. The van der Waals surface area contributed by atoms with Crippen LogP contribution in [0.1, 0.15) is 15.9 Å². The van der Waals surface area contributed by atoms with Crippen molar-refractivity contribution in [2.45, 2.75) is 0 Å². The van der Waals surface area contributed by atoms with E-state index in [-0.39, 0.29) is 5.75 Å². The second kappa shape index (κ2) is 8.66. The zero-order valence-electron chi connectivity index (χ0n) is 15.4. The summed E-state index contributed by atoms with van der Waals surface area (Å²) in [6.07, 6.45) is 1.27. The van der Waals surface area contributed by atoms with Crippen LogP contribution in [0.2, 0.25) is 0 Å². The number of hydrogen-bond donors (Lipinski definition) is 3. The van der Waals surface area contributed by atoms with Gasteiger partial charge in [0.25, 0.3) is 0 Å². The summed E-state index contributed by atoms with van der Waals surface area (Å²) in [5.41, 5.74) is 3.18. The monoisotopic (exact) mass is 391 g/mol. The molecule has 0 bridgehead atoms.